The van der Waals surface area contributed by atoms with Crippen LogP contribution in [-0.4, -0.2) is 28.1 Å². The SMILES string of the molecule is C/C=C\N=C(/N)C1CCC2C(C1)SC1=CCCC=C1C21C2C=CC=CC2SC2C=C(C3=CCCCN3)C=CC21. The van der Waals surface area contributed by atoms with Crippen LogP contribution in [0.15, 0.2) is 99.8 Å². The third-order valence-electron chi connectivity index (χ3n) is 10.1. The number of hydrogen-bond donors (Lipinski definition) is 2. The largest absolute Gasteiger partial charge is 0.387 e. The topological polar surface area (TPSA) is 50.4 Å². The van der Waals surface area contributed by atoms with Crippen molar-refractivity contribution in [3.05, 3.63) is 94.8 Å². The molecule has 8 atom stereocenters. The number of thioether (sulfide) groups is 2. The molecular weight excluding hydrogens is 515 g/mol. The maximum atomic E-state index is 6.57. The van der Waals surface area contributed by atoms with E-state index in [0.29, 0.717) is 39.4 Å². The van der Waals surface area contributed by atoms with Crippen LogP contribution in [0.1, 0.15) is 51.9 Å². The third-order valence-corrected chi connectivity index (χ3v) is 13.1. The van der Waals surface area contributed by atoms with Crippen LogP contribution in [0.3, 0.4) is 0 Å². The molecule has 7 rings (SSSR count). The molecule has 2 saturated heterocycles. The van der Waals surface area contributed by atoms with Gasteiger partial charge in [-0.05, 0) is 68.9 Å². The first-order valence-electron chi connectivity index (χ1n) is 15.1. The molecule has 0 bridgehead atoms. The van der Waals surface area contributed by atoms with Gasteiger partial charge in [0.25, 0.3) is 0 Å². The summed E-state index contributed by atoms with van der Waals surface area (Å²) in [5.41, 5.74) is 11.1. The minimum absolute atomic E-state index is 0.122. The fourth-order valence-electron chi connectivity index (χ4n) is 8.51. The maximum Gasteiger partial charge on any atom is 0.102 e. The summed E-state index contributed by atoms with van der Waals surface area (Å²) in [6.45, 7) is 3.10. The van der Waals surface area contributed by atoms with Crippen LogP contribution in [0.25, 0.3) is 0 Å². The Kier molecular flexibility index (Phi) is 7.09. The van der Waals surface area contributed by atoms with E-state index in [1.807, 2.05) is 19.2 Å². The zero-order chi connectivity index (χ0) is 26.4. The van der Waals surface area contributed by atoms with E-state index < -0.39 is 0 Å². The van der Waals surface area contributed by atoms with Crippen LogP contribution in [0.2, 0.25) is 0 Å². The summed E-state index contributed by atoms with van der Waals surface area (Å²) < 4.78 is 0. The molecule has 39 heavy (non-hydrogen) atoms. The second kappa shape index (κ2) is 10.7. The number of amidine groups is 1. The van der Waals surface area contributed by atoms with Crippen LogP contribution >= 0.6 is 23.5 Å². The Hall–Kier alpha value is -2.11. The lowest BCUT2D eigenvalue weighted by atomic mass is 9.49. The van der Waals surface area contributed by atoms with Crippen molar-refractivity contribution < 1.29 is 0 Å². The smallest absolute Gasteiger partial charge is 0.102 e. The van der Waals surface area contributed by atoms with Gasteiger partial charge in [-0.1, -0.05) is 66.8 Å². The lowest BCUT2D eigenvalue weighted by Crippen LogP contribution is -2.60. The van der Waals surface area contributed by atoms with Gasteiger partial charge in [0.05, 0.1) is 0 Å². The molecular formula is C34H41N3S2. The van der Waals surface area contributed by atoms with Crippen LogP contribution < -0.4 is 11.1 Å². The highest BCUT2D eigenvalue weighted by molar-refractivity contribution is 8.04. The second-order valence-corrected chi connectivity index (χ2v) is 14.7. The Morgan fingerprint density at radius 2 is 1.92 bits per heavy atom. The average molecular weight is 556 g/mol. The zero-order valence-corrected chi connectivity index (χ0v) is 24.6. The van der Waals surface area contributed by atoms with Crippen molar-refractivity contribution in [3.8, 4) is 0 Å². The van der Waals surface area contributed by atoms with Gasteiger partial charge >= 0.3 is 0 Å². The Morgan fingerprint density at radius 3 is 2.79 bits per heavy atom. The van der Waals surface area contributed by atoms with Crippen molar-refractivity contribution in [1.29, 1.82) is 0 Å². The van der Waals surface area contributed by atoms with Crippen molar-refractivity contribution in [2.75, 3.05) is 6.54 Å². The Balaban J connectivity index is 1.33. The molecule has 3 fully saturated rings. The van der Waals surface area contributed by atoms with Gasteiger partial charge in [-0.2, -0.15) is 0 Å². The predicted octanol–water partition coefficient (Wildman–Crippen LogP) is 7.61. The first-order valence-corrected chi connectivity index (χ1v) is 16.9. The van der Waals surface area contributed by atoms with E-state index in [1.54, 1.807) is 10.5 Å². The third kappa shape index (κ3) is 4.30. The van der Waals surface area contributed by atoms with Gasteiger partial charge in [0.15, 0.2) is 0 Å². The van der Waals surface area contributed by atoms with Crippen LogP contribution in [0, 0.1) is 29.1 Å². The molecule has 0 amide bonds. The lowest BCUT2D eigenvalue weighted by molar-refractivity contribution is 0.0559. The first kappa shape index (κ1) is 25.8. The van der Waals surface area contributed by atoms with E-state index in [9.17, 15) is 0 Å². The molecule has 4 aliphatic carbocycles. The van der Waals surface area contributed by atoms with E-state index in [1.165, 1.54) is 43.4 Å². The van der Waals surface area contributed by atoms with Gasteiger partial charge in [-0.25, -0.2) is 4.99 Å². The summed E-state index contributed by atoms with van der Waals surface area (Å²) in [4.78, 5) is 6.17. The summed E-state index contributed by atoms with van der Waals surface area (Å²) >= 11 is 4.38. The van der Waals surface area contributed by atoms with Crippen LogP contribution in [-0.2, 0) is 0 Å². The standard InChI is InChI=1S/C34H41N3S2/c1-2-18-37-33(35)23-15-17-27-32(21-23)39-30-13-6-4-10-25(30)34(27)24-9-3-5-12-29(24)38-31-20-22(14-16-26(31)34)28-11-7-8-19-36-28/h2-3,5,9-14,16,18,20,23-24,26-27,29,31-32,36H,4,6-8,15,17,19,21H2,1H3,(H2,35,37)/b18-2-. The van der Waals surface area contributed by atoms with Gasteiger partial charge in [-0.3, -0.25) is 0 Å². The molecule has 204 valence electrons. The highest BCUT2D eigenvalue weighted by Gasteiger charge is 2.63. The number of hydrogen-bond acceptors (Lipinski definition) is 4. The van der Waals surface area contributed by atoms with E-state index in [-0.39, 0.29) is 5.41 Å². The fourth-order valence-corrected chi connectivity index (χ4v) is 12.0. The molecule has 3 nitrogen and oxygen atoms in total. The van der Waals surface area contributed by atoms with Crippen molar-refractivity contribution in [1.82, 2.24) is 5.32 Å². The van der Waals surface area contributed by atoms with Crippen molar-refractivity contribution in [2.24, 2.45) is 39.8 Å². The summed E-state index contributed by atoms with van der Waals surface area (Å²) in [5.74, 6) is 2.87. The molecule has 3 heterocycles. The van der Waals surface area contributed by atoms with Gasteiger partial charge in [0.1, 0.15) is 5.84 Å². The van der Waals surface area contributed by atoms with Crippen molar-refractivity contribution >= 4 is 29.4 Å². The summed E-state index contributed by atoms with van der Waals surface area (Å²) in [5, 5.41) is 5.27. The normalized spacial score (nSPS) is 40.9. The molecule has 1 spiro atoms. The highest BCUT2D eigenvalue weighted by Crippen LogP contribution is 2.70. The molecule has 0 aromatic rings. The Morgan fingerprint density at radius 1 is 1.05 bits per heavy atom. The zero-order valence-electron chi connectivity index (χ0n) is 23.0. The quantitative estimate of drug-likeness (QED) is 0.278. The number of nitrogens with zero attached hydrogens (tertiary/aromatic N) is 1. The minimum Gasteiger partial charge on any atom is -0.387 e. The molecule has 1 saturated carbocycles. The number of nitrogens with two attached hydrogens (primary N) is 1. The second-order valence-electron chi connectivity index (χ2n) is 12.1. The average Bonchev–Trinajstić information content (AvgIpc) is 2.99. The summed E-state index contributed by atoms with van der Waals surface area (Å²) in [6.07, 6.45) is 37.2. The number of allylic oxidation sites excluding steroid dienone is 10. The van der Waals surface area contributed by atoms with Gasteiger partial charge in [0, 0.05) is 62.3 Å². The molecule has 8 unspecified atom stereocenters. The maximum absolute atomic E-state index is 6.57. The Bertz CT molecular complexity index is 1280. The number of rotatable bonds is 3. The van der Waals surface area contributed by atoms with E-state index in [4.69, 9.17) is 5.73 Å². The van der Waals surface area contributed by atoms with Gasteiger partial charge in [-0.15, -0.1) is 23.5 Å². The molecule has 0 aromatic heterocycles. The van der Waals surface area contributed by atoms with Crippen LogP contribution in [0.4, 0.5) is 0 Å². The first-order chi connectivity index (χ1) is 19.2. The molecule has 3 N–H and O–H groups in total. The number of aliphatic imine (C=N–C) groups is 1. The molecule has 7 aliphatic rings. The molecule has 3 aliphatic heterocycles. The van der Waals surface area contributed by atoms with Gasteiger partial charge < -0.3 is 11.1 Å². The minimum atomic E-state index is 0.122. The Labute approximate surface area is 242 Å². The molecule has 5 heteroatoms. The van der Waals surface area contributed by atoms with E-state index >= 15 is 0 Å². The van der Waals surface area contributed by atoms with E-state index in [2.05, 4.69) is 94.6 Å². The van der Waals surface area contributed by atoms with Gasteiger partial charge in [0.2, 0.25) is 0 Å². The predicted molar refractivity (Wildman–Crippen MR) is 169 cm³/mol. The summed E-state index contributed by atoms with van der Waals surface area (Å²) in [6, 6.07) is 0. The van der Waals surface area contributed by atoms with Crippen molar-refractivity contribution in [3.63, 3.8) is 0 Å². The van der Waals surface area contributed by atoms with E-state index in [0.717, 1.165) is 25.2 Å². The monoisotopic (exact) mass is 555 g/mol. The number of fused-ring (bicyclic) bond motifs is 8. The highest BCUT2D eigenvalue weighted by atomic mass is 32.2. The summed E-state index contributed by atoms with van der Waals surface area (Å²) in [7, 11) is 0. The fraction of sp³-hybridized carbons (Fsp3) is 0.500. The van der Waals surface area contributed by atoms with Crippen molar-refractivity contribution in [2.45, 2.75) is 67.6 Å². The number of nitrogens with one attached hydrogen (secondary N) is 1. The van der Waals surface area contributed by atoms with Crippen LogP contribution in [0.5, 0.6) is 0 Å². The molecule has 0 radical (unpaired) electrons. The molecule has 0 aromatic carbocycles. The lowest BCUT2D eigenvalue weighted by Gasteiger charge is -2.64.